The van der Waals surface area contributed by atoms with E-state index in [2.05, 4.69) is 5.32 Å². The van der Waals surface area contributed by atoms with Gasteiger partial charge >= 0.3 is 6.09 Å². The molecule has 0 bridgehead atoms. The fourth-order valence-corrected chi connectivity index (χ4v) is 2.82. The molecule has 31 heavy (non-hydrogen) atoms. The van der Waals surface area contributed by atoms with Crippen LogP contribution in [0.1, 0.15) is 36.7 Å². The van der Waals surface area contributed by atoms with Gasteiger partial charge in [-0.1, -0.05) is 0 Å². The van der Waals surface area contributed by atoms with Gasteiger partial charge in [0, 0.05) is 30.8 Å². The highest BCUT2D eigenvalue weighted by Gasteiger charge is 2.28. The van der Waals surface area contributed by atoms with Gasteiger partial charge in [-0.05, 0) is 62.7 Å². The first kappa shape index (κ1) is 23.8. The molecular formula is C22H25F2N3O4. The number of likely N-dealkylation sites (N-methyl/N-ethyl adjacent to an activating group) is 1. The van der Waals surface area contributed by atoms with Crippen molar-refractivity contribution in [2.75, 3.05) is 11.9 Å². The topological polar surface area (TPSA) is 102 Å². The fourth-order valence-electron chi connectivity index (χ4n) is 2.82. The molecule has 0 unspecified atom stereocenters. The van der Waals surface area contributed by atoms with Crippen molar-refractivity contribution >= 4 is 23.6 Å². The van der Waals surface area contributed by atoms with Gasteiger partial charge in [0.15, 0.2) is 0 Å². The van der Waals surface area contributed by atoms with Crippen molar-refractivity contribution in [2.24, 2.45) is 5.73 Å². The molecule has 166 valence electrons. The van der Waals surface area contributed by atoms with E-state index in [1.54, 1.807) is 20.8 Å². The summed E-state index contributed by atoms with van der Waals surface area (Å²) >= 11 is 0. The van der Waals surface area contributed by atoms with Crippen LogP contribution in [0.4, 0.5) is 19.3 Å². The van der Waals surface area contributed by atoms with E-state index < -0.39 is 41.2 Å². The van der Waals surface area contributed by atoms with Crippen LogP contribution in [0.25, 0.3) is 0 Å². The average molecular weight is 433 g/mol. The zero-order valence-electron chi connectivity index (χ0n) is 17.7. The Kier molecular flexibility index (Phi) is 7.32. The fraction of sp³-hybridized carbons (Fsp3) is 0.318. The van der Waals surface area contributed by atoms with Crippen molar-refractivity contribution in [1.29, 1.82) is 0 Å². The maximum Gasteiger partial charge on any atom is 0.408 e. The molecule has 0 aromatic heterocycles. The predicted octanol–water partition coefficient (Wildman–Crippen LogP) is 3.16. The average Bonchev–Trinajstić information content (AvgIpc) is 2.64. The molecule has 0 aliphatic rings. The number of primary amides is 1. The second-order valence-electron chi connectivity index (χ2n) is 7.99. The molecule has 0 aliphatic carbocycles. The van der Waals surface area contributed by atoms with Gasteiger partial charge in [-0.3, -0.25) is 9.59 Å². The van der Waals surface area contributed by atoms with E-state index >= 15 is 0 Å². The Morgan fingerprint density at radius 2 is 1.61 bits per heavy atom. The third-order valence-electron chi connectivity index (χ3n) is 4.22. The monoisotopic (exact) mass is 433 g/mol. The maximum absolute atomic E-state index is 13.6. The van der Waals surface area contributed by atoms with E-state index in [0.29, 0.717) is 11.8 Å². The summed E-state index contributed by atoms with van der Waals surface area (Å²) in [7, 11) is 1.47. The third-order valence-corrected chi connectivity index (χ3v) is 4.22. The molecule has 2 aromatic rings. The number of amides is 3. The summed E-state index contributed by atoms with van der Waals surface area (Å²) in [5.74, 6) is -2.76. The number of benzene rings is 2. The molecule has 2 aromatic carbocycles. The Labute approximate surface area is 179 Å². The van der Waals surface area contributed by atoms with E-state index in [-0.39, 0.29) is 17.5 Å². The van der Waals surface area contributed by atoms with E-state index in [0.717, 1.165) is 12.1 Å². The zero-order valence-corrected chi connectivity index (χ0v) is 17.7. The summed E-state index contributed by atoms with van der Waals surface area (Å²) in [4.78, 5) is 37.9. The van der Waals surface area contributed by atoms with Gasteiger partial charge in [-0.25, -0.2) is 13.6 Å². The van der Waals surface area contributed by atoms with Crippen molar-refractivity contribution in [3.05, 3.63) is 65.2 Å². The molecule has 0 spiro atoms. The van der Waals surface area contributed by atoms with E-state index in [9.17, 15) is 23.2 Å². The number of carbonyl (C=O) groups excluding carboxylic acids is 3. The second kappa shape index (κ2) is 9.55. The largest absolute Gasteiger partial charge is 0.444 e. The van der Waals surface area contributed by atoms with Gasteiger partial charge in [-0.2, -0.15) is 0 Å². The van der Waals surface area contributed by atoms with Gasteiger partial charge < -0.3 is 20.7 Å². The van der Waals surface area contributed by atoms with Crippen LogP contribution in [0.2, 0.25) is 0 Å². The summed E-state index contributed by atoms with van der Waals surface area (Å²) in [5.41, 5.74) is 5.29. The Morgan fingerprint density at radius 1 is 1.06 bits per heavy atom. The minimum atomic E-state index is -1.17. The van der Waals surface area contributed by atoms with E-state index in [1.807, 2.05) is 0 Å². The lowest BCUT2D eigenvalue weighted by atomic mass is 10.0. The Hall–Kier alpha value is -3.49. The van der Waals surface area contributed by atoms with Gasteiger partial charge in [-0.15, -0.1) is 0 Å². The standard InChI is InChI=1S/C22H25F2N3O4/c1-22(2,3)31-21(30)26-18(11-13-9-15(23)12-16(24)10-13)20(29)27(4)17-7-5-14(6-8-17)19(25)28/h5-10,12,18H,11H2,1-4H3,(H2,25,28)(H,26,30)/t18-/m0/s1. The molecule has 0 radical (unpaired) electrons. The normalized spacial score (nSPS) is 12.1. The summed E-state index contributed by atoms with van der Waals surface area (Å²) in [6.45, 7) is 4.99. The number of nitrogens with two attached hydrogens (primary N) is 1. The van der Waals surface area contributed by atoms with Crippen LogP contribution in [-0.4, -0.2) is 36.6 Å². The van der Waals surface area contributed by atoms with Crippen LogP contribution in [0.15, 0.2) is 42.5 Å². The molecular weight excluding hydrogens is 408 g/mol. The smallest absolute Gasteiger partial charge is 0.408 e. The zero-order chi connectivity index (χ0) is 23.3. The minimum Gasteiger partial charge on any atom is -0.444 e. The number of nitrogens with one attached hydrogen (secondary N) is 1. The number of halogens is 2. The van der Waals surface area contributed by atoms with Gasteiger partial charge in [0.2, 0.25) is 11.8 Å². The van der Waals surface area contributed by atoms with Crippen molar-refractivity contribution in [3.8, 4) is 0 Å². The number of anilines is 1. The first-order chi connectivity index (χ1) is 14.4. The van der Waals surface area contributed by atoms with Gasteiger partial charge in [0.1, 0.15) is 23.3 Å². The van der Waals surface area contributed by atoms with Crippen molar-refractivity contribution in [3.63, 3.8) is 0 Å². The molecule has 7 nitrogen and oxygen atoms in total. The Balaban J connectivity index is 2.29. The van der Waals surface area contributed by atoms with E-state index in [4.69, 9.17) is 10.5 Å². The van der Waals surface area contributed by atoms with E-state index in [1.165, 1.54) is 36.2 Å². The lowest BCUT2D eigenvalue weighted by Gasteiger charge is -2.27. The summed E-state index contributed by atoms with van der Waals surface area (Å²) in [6.07, 6.45) is -1.02. The third kappa shape index (κ3) is 7.06. The number of hydrogen-bond acceptors (Lipinski definition) is 4. The molecule has 3 amide bonds. The minimum absolute atomic E-state index is 0.170. The van der Waals surface area contributed by atoms with Crippen molar-refractivity contribution < 1.29 is 27.9 Å². The number of carbonyl (C=O) groups is 3. The lowest BCUT2D eigenvalue weighted by Crippen LogP contribution is -2.50. The molecule has 1 atom stereocenters. The SMILES string of the molecule is CN(C(=O)[C@H](Cc1cc(F)cc(F)c1)NC(=O)OC(C)(C)C)c1ccc(C(N)=O)cc1. The van der Waals surface area contributed by atoms with Crippen molar-refractivity contribution in [1.82, 2.24) is 5.32 Å². The number of alkyl carbamates (subject to hydrolysis) is 1. The van der Waals surface area contributed by atoms with Gasteiger partial charge in [0.25, 0.3) is 0 Å². The molecule has 0 aliphatic heterocycles. The Bertz CT molecular complexity index is 951. The quantitative estimate of drug-likeness (QED) is 0.731. The molecule has 2 rings (SSSR count). The summed E-state index contributed by atoms with van der Waals surface area (Å²) < 4.78 is 32.4. The first-order valence-electron chi connectivity index (χ1n) is 9.47. The second-order valence-corrected chi connectivity index (χ2v) is 7.99. The first-order valence-corrected chi connectivity index (χ1v) is 9.47. The number of ether oxygens (including phenoxy) is 1. The highest BCUT2D eigenvalue weighted by molar-refractivity contribution is 5.99. The lowest BCUT2D eigenvalue weighted by molar-refractivity contribution is -0.120. The molecule has 9 heteroatoms. The number of hydrogen-bond donors (Lipinski definition) is 2. The Morgan fingerprint density at radius 3 is 2.10 bits per heavy atom. The predicted molar refractivity (Wildman–Crippen MR) is 112 cm³/mol. The van der Waals surface area contributed by atoms with Crippen LogP contribution in [0, 0.1) is 11.6 Å². The summed E-state index contributed by atoms with van der Waals surface area (Å²) in [5, 5.41) is 2.47. The maximum atomic E-state index is 13.6. The van der Waals surface area contributed by atoms with Crippen molar-refractivity contribution in [2.45, 2.75) is 38.8 Å². The van der Waals surface area contributed by atoms with Crippen LogP contribution in [0.5, 0.6) is 0 Å². The molecule has 0 saturated carbocycles. The van der Waals surface area contributed by atoms with Crippen LogP contribution in [-0.2, 0) is 16.0 Å². The highest BCUT2D eigenvalue weighted by atomic mass is 19.1. The number of nitrogens with zero attached hydrogens (tertiary/aromatic N) is 1. The highest BCUT2D eigenvalue weighted by Crippen LogP contribution is 2.17. The van der Waals surface area contributed by atoms with Crippen LogP contribution >= 0.6 is 0 Å². The molecule has 0 heterocycles. The van der Waals surface area contributed by atoms with Crippen LogP contribution in [0.3, 0.4) is 0 Å². The number of rotatable bonds is 6. The molecule has 3 N–H and O–H groups in total. The molecule has 0 fully saturated rings. The molecule has 0 saturated heterocycles. The summed E-state index contributed by atoms with van der Waals surface area (Å²) in [6, 6.07) is 7.67. The van der Waals surface area contributed by atoms with Crippen LogP contribution < -0.4 is 16.0 Å². The van der Waals surface area contributed by atoms with Gasteiger partial charge in [0.05, 0.1) is 0 Å².